The van der Waals surface area contributed by atoms with Crippen LogP contribution in [0.5, 0.6) is 0 Å². The number of aromatic nitrogens is 2. The zero-order valence-electron chi connectivity index (χ0n) is 11.8. The van der Waals surface area contributed by atoms with Crippen LogP contribution in [0.2, 0.25) is 0 Å². The molecule has 0 aromatic carbocycles. The molecule has 4 nitrogen and oxygen atoms in total. The number of rotatable bonds is 6. The quantitative estimate of drug-likeness (QED) is 0.838. The van der Waals surface area contributed by atoms with Crippen molar-refractivity contribution in [1.29, 1.82) is 0 Å². The molecule has 0 aliphatic carbocycles. The molecule has 0 radical (unpaired) electrons. The predicted octanol–water partition coefficient (Wildman–Crippen LogP) is 3.62. The second-order valence-corrected chi connectivity index (χ2v) is 6.31. The number of anilines is 2. The summed E-state index contributed by atoms with van der Waals surface area (Å²) in [5.74, 6) is 0.446. The topological polar surface area (TPSA) is 49.8 Å². The van der Waals surface area contributed by atoms with Gasteiger partial charge >= 0.3 is 6.18 Å². The minimum atomic E-state index is -4.54. The Labute approximate surface area is 126 Å². The van der Waals surface area contributed by atoms with Gasteiger partial charge in [-0.25, -0.2) is 9.97 Å². The minimum Gasteiger partial charge on any atom is -0.370 e. The molecule has 1 unspecified atom stereocenters. The number of thioether (sulfide) groups is 1. The first kappa shape index (κ1) is 16.2. The lowest BCUT2D eigenvalue weighted by Gasteiger charge is -2.14. The molecule has 0 saturated carbocycles. The Kier molecular flexibility index (Phi) is 5.55. The Morgan fingerprint density at radius 2 is 2.00 bits per heavy atom. The van der Waals surface area contributed by atoms with Crippen LogP contribution in [-0.4, -0.2) is 34.1 Å². The molecule has 1 atom stereocenters. The molecule has 2 heterocycles. The molecule has 1 aromatic heterocycles. The highest BCUT2D eigenvalue weighted by Crippen LogP contribution is 2.29. The van der Waals surface area contributed by atoms with Gasteiger partial charge in [0.15, 0.2) is 0 Å². The largest absolute Gasteiger partial charge is 0.451 e. The second kappa shape index (κ2) is 7.20. The van der Waals surface area contributed by atoms with Crippen LogP contribution in [0.1, 0.15) is 32.0 Å². The van der Waals surface area contributed by atoms with Crippen molar-refractivity contribution in [3.8, 4) is 0 Å². The van der Waals surface area contributed by atoms with Crippen molar-refractivity contribution in [2.24, 2.45) is 0 Å². The van der Waals surface area contributed by atoms with E-state index in [4.69, 9.17) is 0 Å². The van der Waals surface area contributed by atoms with Crippen LogP contribution in [-0.2, 0) is 6.18 Å². The van der Waals surface area contributed by atoms with Crippen LogP contribution < -0.4 is 10.6 Å². The number of alkyl halides is 3. The van der Waals surface area contributed by atoms with E-state index >= 15 is 0 Å². The first-order valence-electron chi connectivity index (χ1n) is 7.04. The van der Waals surface area contributed by atoms with Gasteiger partial charge in [-0.3, -0.25) is 0 Å². The molecule has 21 heavy (non-hydrogen) atoms. The third kappa shape index (κ3) is 4.94. The average Bonchev–Trinajstić information content (AvgIpc) is 2.95. The SMILES string of the molecule is CCCNc1cc(NCC2CCCS2)nc(C(F)(F)F)n1. The Morgan fingerprint density at radius 1 is 1.29 bits per heavy atom. The standard InChI is InChI=1S/C13H19F3N4S/c1-2-5-17-10-7-11(18-8-9-4-3-6-21-9)20-12(19-10)13(14,15)16/h7,9H,2-6,8H2,1H3,(H2,17,18,19,20). The molecule has 0 spiro atoms. The number of nitrogens with zero attached hydrogens (tertiary/aromatic N) is 2. The molecule has 1 aromatic rings. The van der Waals surface area contributed by atoms with Gasteiger partial charge in [-0.2, -0.15) is 24.9 Å². The van der Waals surface area contributed by atoms with Crippen molar-refractivity contribution in [1.82, 2.24) is 9.97 Å². The fourth-order valence-corrected chi connectivity index (χ4v) is 3.23. The van der Waals surface area contributed by atoms with E-state index in [0.717, 1.165) is 25.0 Å². The molecule has 1 aliphatic rings. The molecule has 0 bridgehead atoms. The average molecular weight is 320 g/mol. The summed E-state index contributed by atoms with van der Waals surface area (Å²) in [6.07, 6.45) is -1.47. The van der Waals surface area contributed by atoms with E-state index in [2.05, 4.69) is 20.6 Å². The van der Waals surface area contributed by atoms with Gasteiger partial charge in [0.25, 0.3) is 0 Å². The van der Waals surface area contributed by atoms with Crippen LogP contribution >= 0.6 is 11.8 Å². The summed E-state index contributed by atoms with van der Waals surface area (Å²) < 4.78 is 38.5. The lowest BCUT2D eigenvalue weighted by molar-refractivity contribution is -0.144. The predicted molar refractivity (Wildman–Crippen MR) is 79.8 cm³/mol. The molecule has 1 aliphatic heterocycles. The van der Waals surface area contributed by atoms with Gasteiger partial charge in [-0.05, 0) is 25.0 Å². The van der Waals surface area contributed by atoms with Crippen molar-refractivity contribution in [2.45, 2.75) is 37.6 Å². The Balaban J connectivity index is 2.09. The molecule has 0 amide bonds. The van der Waals surface area contributed by atoms with E-state index in [1.54, 1.807) is 0 Å². The van der Waals surface area contributed by atoms with Gasteiger partial charge in [-0.15, -0.1) is 0 Å². The summed E-state index contributed by atoms with van der Waals surface area (Å²) in [5.41, 5.74) is 0. The van der Waals surface area contributed by atoms with Crippen molar-refractivity contribution >= 4 is 23.4 Å². The van der Waals surface area contributed by atoms with E-state index in [1.807, 2.05) is 18.7 Å². The lowest BCUT2D eigenvalue weighted by Crippen LogP contribution is -2.18. The summed E-state index contributed by atoms with van der Waals surface area (Å²) in [6.45, 7) is 3.15. The lowest BCUT2D eigenvalue weighted by atomic mass is 10.2. The molecule has 2 N–H and O–H groups in total. The number of hydrogen-bond donors (Lipinski definition) is 2. The highest BCUT2D eigenvalue weighted by atomic mass is 32.2. The zero-order valence-corrected chi connectivity index (χ0v) is 12.7. The summed E-state index contributed by atoms with van der Waals surface area (Å²) in [5, 5.41) is 6.33. The van der Waals surface area contributed by atoms with Gasteiger partial charge in [0, 0.05) is 24.4 Å². The summed E-state index contributed by atoms with van der Waals surface area (Å²) in [6, 6.07) is 1.53. The van der Waals surface area contributed by atoms with Gasteiger partial charge in [0.2, 0.25) is 5.82 Å². The van der Waals surface area contributed by atoms with Crippen LogP contribution in [0.3, 0.4) is 0 Å². The normalized spacial score (nSPS) is 18.8. The first-order chi connectivity index (χ1) is 9.99. The zero-order chi connectivity index (χ0) is 15.3. The maximum atomic E-state index is 12.8. The molecule has 8 heteroatoms. The highest BCUT2D eigenvalue weighted by molar-refractivity contribution is 8.00. The van der Waals surface area contributed by atoms with E-state index in [9.17, 15) is 13.2 Å². The van der Waals surface area contributed by atoms with E-state index in [-0.39, 0.29) is 11.6 Å². The van der Waals surface area contributed by atoms with Crippen molar-refractivity contribution in [3.05, 3.63) is 11.9 Å². The van der Waals surface area contributed by atoms with Crippen LogP contribution in [0, 0.1) is 0 Å². The Morgan fingerprint density at radius 3 is 2.57 bits per heavy atom. The maximum absolute atomic E-state index is 12.8. The van der Waals surface area contributed by atoms with Crippen molar-refractivity contribution < 1.29 is 13.2 Å². The number of nitrogens with one attached hydrogen (secondary N) is 2. The van der Waals surface area contributed by atoms with Gasteiger partial charge in [-0.1, -0.05) is 6.92 Å². The number of halogens is 3. The third-order valence-corrected chi connectivity index (χ3v) is 4.47. The summed E-state index contributed by atoms with van der Waals surface area (Å²) in [7, 11) is 0. The molecule has 1 fully saturated rings. The molecular formula is C13H19F3N4S. The number of hydrogen-bond acceptors (Lipinski definition) is 5. The third-order valence-electron chi connectivity index (χ3n) is 3.07. The van der Waals surface area contributed by atoms with E-state index in [0.29, 0.717) is 18.3 Å². The smallest absolute Gasteiger partial charge is 0.370 e. The maximum Gasteiger partial charge on any atom is 0.451 e. The second-order valence-electron chi connectivity index (χ2n) is 4.90. The van der Waals surface area contributed by atoms with Crippen LogP contribution in [0.15, 0.2) is 6.07 Å². The molecular weight excluding hydrogens is 301 g/mol. The first-order valence-corrected chi connectivity index (χ1v) is 8.09. The van der Waals surface area contributed by atoms with E-state index in [1.165, 1.54) is 6.07 Å². The fourth-order valence-electron chi connectivity index (χ4n) is 2.03. The Bertz CT molecular complexity index is 461. The van der Waals surface area contributed by atoms with Gasteiger partial charge in [0.05, 0.1) is 0 Å². The van der Waals surface area contributed by atoms with E-state index < -0.39 is 12.0 Å². The Hall–Kier alpha value is -1.18. The molecule has 118 valence electrons. The van der Waals surface area contributed by atoms with Gasteiger partial charge < -0.3 is 10.6 Å². The minimum absolute atomic E-state index is 0.209. The highest BCUT2D eigenvalue weighted by Gasteiger charge is 2.35. The summed E-state index contributed by atoms with van der Waals surface area (Å²) in [4.78, 5) is 7.11. The molecule has 1 saturated heterocycles. The van der Waals surface area contributed by atoms with Gasteiger partial charge in [0.1, 0.15) is 11.6 Å². The van der Waals surface area contributed by atoms with Crippen LogP contribution in [0.4, 0.5) is 24.8 Å². The molecule has 2 rings (SSSR count). The fraction of sp³-hybridized carbons (Fsp3) is 0.692. The van der Waals surface area contributed by atoms with Crippen molar-refractivity contribution in [3.63, 3.8) is 0 Å². The van der Waals surface area contributed by atoms with Crippen molar-refractivity contribution in [2.75, 3.05) is 29.5 Å². The summed E-state index contributed by atoms with van der Waals surface area (Å²) >= 11 is 1.85. The monoisotopic (exact) mass is 320 g/mol. The van der Waals surface area contributed by atoms with Crippen LogP contribution in [0.25, 0.3) is 0 Å².